The van der Waals surface area contributed by atoms with E-state index in [0.29, 0.717) is 59.1 Å². The summed E-state index contributed by atoms with van der Waals surface area (Å²) in [6.45, 7) is 4.20. The summed E-state index contributed by atoms with van der Waals surface area (Å²) >= 11 is 6.61. The Hall–Kier alpha value is -1.60. The number of piperazine rings is 1. The maximum Gasteiger partial charge on any atom is 0.398 e. The van der Waals surface area contributed by atoms with E-state index in [1.807, 2.05) is 29.2 Å². The molecule has 0 saturated carbocycles. The van der Waals surface area contributed by atoms with Gasteiger partial charge in [0.05, 0.1) is 11.4 Å². The molecule has 146 valence electrons. The molecule has 1 aliphatic heterocycles. The maximum absolute atomic E-state index is 14.5. The second-order valence-electron chi connectivity index (χ2n) is 6.42. The predicted octanol–water partition coefficient (Wildman–Crippen LogP) is 5.77. The SMILES string of the molecule is Cc1cc(F)c(N2CCN(c3ccc(Cl)cc3)CC2)cc1SCC(F)(F)F. The van der Waals surface area contributed by atoms with Gasteiger partial charge in [0.25, 0.3) is 0 Å². The Balaban J connectivity index is 1.70. The lowest BCUT2D eigenvalue weighted by Crippen LogP contribution is -2.46. The molecule has 1 saturated heterocycles. The molecule has 1 fully saturated rings. The minimum absolute atomic E-state index is 0.362. The molecular weight excluding hydrogens is 400 g/mol. The van der Waals surface area contributed by atoms with Gasteiger partial charge in [-0.15, -0.1) is 11.8 Å². The fourth-order valence-corrected chi connectivity index (χ4v) is 3.98. The summed E-state index contributed by atoms with van der Waals surface area (Å²) < 4.78 is 52.0. The Bertz CT molecular complexity index is 788. The summed E-state index contributed by atoms with van der Waals surface area (Å²) in [5.74, 6) is -1.38. The van der Waals surface area contributed by atoms with Crippen LogP contribution in [0, 0.1) is 12.7 Å². The molecule has 1 aliphatic rings. The van der Waals surface area contributed by atoms with Crippen LogP contribution in [0.25, 0.3) is 0 Å². The van der Waals surface area contributed by atoms with Crippen molar-refractivity contribution in [2.75, 3.05) is 41.7 Å². The van der Waals surface area contributed by atoms with Gasteiger partial charge in [0.1, 0.15) is 5.82 Å². The van der Waals surface area contributed by atoms with E-state index in [0.717, 1.165) is 5.69 Å². The van der Waals surface area contributed by atoms with E-state index in [4.69, 9.17) is 11.6 Å². The molecule has 0 aromatic heterocycles. The Morgan fingerprint density at radius 3 is 2.19 bits per heavy atom. The number of benzene rings is 2. The average molecular weight is 419 g/mol. The molecule has 2 aromatic rings. The van der Waals surface area contributed by atoms with Gasteiger partial charge in [0.2, 0.25) is 0 Å². The lowest BCUT2D eigenvalue weighted by Gasteiger charge is -2.37. The smallest absolute Gasteiger partial charge is 0.368 e. The van der Waals surface area contributed by atoms with Crippen LogP contribution in [-0.4, -0.2) is 38.1 Å². The number of hydrogen-bond acceptors (Lipinski definition) is 3. The first kappa shape index (κ1) is 20.1. The maximum atomic E-state index is 14.5. The van der Waals surface area contributed by atoms with Crippen LogP contribution in [0.2, 0.25) is 5.02 Å². The van der Waals surface area contributed by atoms with Crippen LogP contribution in [0.5, 0.6) is 0 Å². The molecule has 0 atom stereocenters. The van der Waals surface area contributed by atoms with E-state index in [9.17, 15) is 17.6 Å². The third-order valence-corrected chi connectivity index (χ3v) is 5.92. The first-order valence-corrected chi connectivity index (χ1v) is 9.84. The van der Waals surface area contributed by atoms with Crippen molar-refractivity contribution in [3.05, 3.63) is 52.8 Å². The predicted molar refractivity (Wildman–Crippen MR) is 104 cm³/mol. The highest BCUT2D eigenvalue weighted by molar-refractivity contribution is 7.99. The Morgan fingerprint density at radius 1 is 1.00 bits per heavy atom. The number of thioether (sulfide) groups is 1. The third-order valence-electron chi connectivity index (χ3n) is 4.45. The number of hydrogen-bond donors (Lipinski definition) is 0. The summed E-state index contributed by atoms with van der Waals surface area (Å²) in [6.07, 6.45) is -4.25. The molecule has 8 heteroatoms. The van der Waals surface area contributed by atoms with Gasteiger partial charge in [0.15, 0.2) is 0 Å². The quantitative estimate of drug-likeness (QED) is 0.460. The van der Waals surface area contributed by atoms with Gasteiger partial charge in [-0.3, -0.25) is 0 Å². The lowest BCUT2D eigenvalue weighted by atomic mass is 10.1. The molecule has 0 N–H and O–H groups in total. The van der Waals surface area contributed by atoms with E-state index in [-0.39, 0.29) is 0 Å². The number of aryl methyl sites for hydroxylation is 1. The highest BCUT2D eigenvalue weighted by Gasteiger charge is 2.28. The standard InChI is InChI=1S/C19H19ClF4N2S/c1-13-10-16(21)17(11-18(13)27-12-19(22,23)24)26-8-6-25(7-9-26)15-4-2-14(20)3-5-15/h2-5,10-11H,6-9,12H2,1H3. The average Bonchev–Trinajstić information content (AvgIpc) is 2.61. The van der Waals surface area contributed by atoms with E-state index in [1.54, 1.807) is 13.0 Å². The fourth-order valence-electron chi connectivity index (χ4n) is 3.06. The molecule has 3 rings (SSSR count). The van der Waals surface area contributed by atoms with Crippen LogP contribution in [-0.2, 0) is 0 Å². The van der Waals surface area contributed by atoms with E-state index in [2.05, 4.69) is 4.90 Å². The van der Waals surface area contributed by atoms with E-state index >= 15 is 0 Å². The van der Waals surface area contributed by atoms with Crippen molar-refractivity contribution in [2.45, 2.75) is 18.0 Å². The zero-order chi connectivity index (χ0) is 19.6. The van der Waals surface area contributed by atoms with E-state index in [1.165, 1.54) is 6.07 Å². The van der Waals surface area contributed by atoms with Crippen LogP contribution in [0.15, 0.2) is 41.3 Å². The zero-order valence-corrected chi connectivity index (χ0v) is 16.3. The van der Waals surface area contributed by atoms with Crippen molar-refractivity contribution in [2.24, 2.45) is 0 Å². The van der Waals surface area contributed by atoms with Crippen molar-refractivity contribution < 1.29 is 17.6 Å². The number of nitrogens with zero attached hydrogens (tertiary/aromatic N) is 2. The van der Waals surface area contributed by atoms with Gasteiger partial charge in [-0.05, 0) is 48.9 Å². The third kappa shape index (κ3) is 5.23. The summed E-state index contributed by atoms with van der Waals surface area (Å²) in [5.41, 5.74) is 1.93. The van der Waals surface area contributed by atoms with Crippen molar-refractivity contribution in [3.63, 3.8) is 0 Å². The molecule has 0 amide bonds. The largest absolute Gasteiger partial charge is 0.398 e. The molecule has 27 heavy (non-hydrogen) atoms. The highest BCUT2D eigenvalue weighted by atomic mass is 35.5. The van der Waals surface area contributed by atoms with Gasteiger partial charge >= 0.3 is 6.18 Å². The van der Waals surface area contributed by atoms with Gasteiger partial charge in [-0.25, -0.2) is 4.39 Å². The first-order chi connectivity index (χ1) is 12.7. The molecule has 0 radical (unpaired) electrons. The molecular formula is C19H19ClF4N2S. The molecule has 2 nitrogen and oxygen atoms in total. The molecule has 0 bridgehead atoms. The van der Waals surface area contributed by atoms with Crippen LogP contribution >= 0.6 is 23.4 Å². The lowest BCUT2D eigenvalue weighted by molar-refractivity contribution is -0.105. The number of alkyl halides is 3. The summed E-state index contributed by atoms with van der Waals surface area (Å²) in [7, 11) is 0. The van der Waals surface area contributed by atoms with Gasteiger partial charge < -0.3 is 9.80 Å². The summed E-state index contributed by atoms with van der Waals surface area (Å²) in [4.78, 5) is 4.53. The summed E-state index contributed by atoms with van der Waals surface area (Å²) in [5, 5.41) is 0.669. The van der Waals surface area contributed by atoms with Crippen LogP contribution in [0.3, 0.4) is 0 Å². The van der Waals surface area contributed by atoms with E-state index < -0.39 is 17.7 Å². The fraction of sp³-hybridized carbons (Fsp3) is 0.368. The minimum Gasteiger partial charge on any atom is -0.368 e. The molecule has 0 unspecified atom stereocenters. The monoisotopic (exact) mass is 418 g/mol. The number of halogens is 5. The topological polar surface area (TPSA) is 6.48 Å². The molecule has 0 aliphatic carbocycles. The number of rotatable bonds is 4. The van der Waals surface area contributed by atoms with Crippen LogP contribution in [0.4, 0.5) is 28.9 Å². The number of anilines is 2. The minimum atomic E-state index is -4.25. The zero-order valence-electron chi connectivity index (χ0n) is 14.7. The van der Waals surface area contributed by atoms with Crippen LogP contribution < -0.4 is 9.80 Å². The van der Waals surface area contributed by atoms with Crippen molar-refractivity contribution in [1.29, 1.82) is 0 Å². The Labute approximate surface area is 165 Å². The second kappa shape index (κ2) is 8.19. The molecule has 2 aromatic carbocycles. The van der Waals surface area contributed by atoms with Crippen molar-refractivity contribution in [3.8, 4) is 0 Å². The van der Waals surface area contributed by atoms with Gasteiger partial charge in [-0.1, -0.05) is 11.6 Å². The normalized spacial score (nSPS) is 15.3. The highest BCUT2D eigenvalue weighted by Crippen LogP contribution is 2.34. The van der Waals surface area contributed by atoms with Crippen molar-refractivity contribution in [1.82, 2.24) is 0 Å². The van der Waals surface area contributed by atoms with Crippen molar-refractivity contribution >= 4 is 34.7 Å². The van der Waals surface area contributed by atoms with Crippen LogP contribution in [0.1, 0.15) is 5.56 Å². The van der Waals surface area contributed by atoms with Gasteiger partial charge in [-0.2, -0.15) is 13.2 Å². The van der Waals surface area contributed by atoms with Gasteiger partial charge in [0, 0.05) is 41.8 Å². The molecule has 0 spiro atoms. The molecule has 1 heterocycles. The first-order valence-electron chi connectivity index (χ1n) is 8.48. The Morgan fingerprint density at radius 2 is 1.59 bits per heavy atom. The summed E-state index contributed by atoms with van der Waals surface area (Å²) in [6, 6.07) is 10.4. The second-order valence-corrected chi connectivity index (χ2v) is 7.88. The Kier molecular flexibility index (Phi) is 6.11.